The Morgan fingerprint density at radius 1 is 1.19 bits per heavy atom. The molecule has 1 saturated heterocycles. The van der Waals surface area contributed by atoms with Crippen molar-refractivity contribution in [1.82, 2.24) is 15.1 Å². The number of amides is 1. The van der Waals surface area contributed by atoms with E-state index in [2.05, 4.69) is 35.9 Å². The molecule has 1 amide bonds. The summed E-state index contributed by atoms with van der Waals surface area (Å²) >= 11 is 0. The van der Waals surface area contributed by atoms with Gasteiger partial charge in [-0.25, -0.2) is 0 Å². The molecule has 1 saturated carbocycles. The van der Waals surface area contributed by atoms with Crippen molar-refractivity contribution in [1.29, 1.82) is 0 Å². The molecule has 0 bridgehead atoms. The minimum absolute atomic E-state index is 0.0593. The maximum Gasteiger partial charge on any atom is 0.241 e. The van der Waals surface area contributed by atoms with E-state index in [-0.39, 0.29) is 6.04 Å². The predicted molar refractivity (Wildman–Crippen MR) is 87.1 cm³/mol. The van der Waals surface area contributed by atoms with Crippen LogP contribution in [0.1, 0.15) is 59.3 Å². The molecule has 1 aliphatic carbocycles. The Bertz CT molecular complexity index is 324. The zero-order valence-electron chi connectivity index (χ0n) is 14.1. The highest BCUT2D eigenvalue weighted by Crippen LogP contribution is 2.32. The smallest absolute Gasteiger partial charge is 0.241 e. The van der Waals surface area contributed by atoms with Gasteiger partial charge in [-0.2, -0.15) is 0 Å². The fourth-order valence-corrected chi connectivity index (χ4v) is 3.91. The van der Waals surface area contributed by atoms with Crippen LogP contribution in [0.25, 0.3) is 0 Å². The number of nitrogens with zero attached hydrogens (tertiary/aromatic N) is 2. The molecule has 2 aliphatic rings. The Kier molecular flexibility index (Phi) is 6.49. The van der Waals surface area contributed by atoms with Gasteiger partial charge in [-0.15, -0.1) is 0 Å². The molecule has 0 spiro atoms. The van der Waals surface area contributed by atoms with E-state index in [4.69, 9.17) is 0 Å². The lowest BCUT2D eigenvalue weighted by Crippen LogP contribution is -2.43. The van der Waals surface area contributed by atoms with Crippen molar-refractivity contribution in [2.24, 2.45) is 5.92 Å². The highest BCUT2D eigenvalue weighted by Gasteiger charge is 2.41. The van der Waals surface area contributed by atoms with Crippen LogP contribution in [0.5, 0.6) is 0 Å². The van der Waals surface area contributed by atoms with Gasteiger partial charge in [-0.1, -0.05) is 33.6 Å². The monoisotopic (exact) mass is 295 g/mol. The molecule has 2 rings (SSSR count). The predicted octanol–water partition coefficient (Wildman–Crippen LogP) is 2.45. The molecular weight excluding hydrogens is 262 g/mol. The first-order valence-corrected chi connectivity index (χ1v) is 9.00. The van der Waals surface area contributed by atoms with Crippen molar-refractivity contribution < 1.29 is 4.79 Å². The second-order valence-electron chi connectivity index (χ2n) is 6.53. The fraction of sp³-hybridized carbons (Fsp3) is 0.941. The molecule has 1 heterocycles. The second kappa shape index (κ2) is 8.14. The van der Waals surface area contributed by atoms with Crippen LogP contribution in [-0.4, -0.2) is 54.1 Å². The van der Waals surface area contributed by atoms with E-state index in [0.717, 1.165) is 39.0 Å². The van der Waals surface area contributed by atoms with E-state index in [0.29, 0.717) is 18.0 Å². The summed E-state index contributed by atoms with van der Waals surface area (Å²) in [5, 5.41) is 3.61. The van der Waals surface area contributed by atoms with Crippen molar-refractivity contribution in [3.8, 4) is 0 Å². The number of carbonyl (C=O) groups is 1. The Morgan fingerprint density at radius 3 is 2.43 bits per heavy atom. The van der Waals surface area contributed by atoms with E-state index >= 15 is 0 Å². The molecule has 0 aromatic rings. The van der Waals surface area contributed by atoms with Crippen LogP contribution in [0.3, 0.4) is 0 Å². The van der Waals surface area contributed by atoms with E-state index in [1.165, 1.54) is 25.7 Å². The van der Waals surface area contributed by atoms with E-state index < -0.39 is 0 Å². The highest BCUT2D eigenvalue weighted by molar-refractivity contribution is 5.84. The topological polar surface area (TPSA) is 35.6 Å². The van der Waals surface area contributed by atoms with Crippen LogP contribution in [-0.2, 0) is 4.79 Å². The third-order valence-corrected chi connectivity index (χ3v) is 5.31. The maximum atomic E-state index is 12.6. The lowest BCUT2D eigenvalue weighted by Gasteiger charge is -2.29. The van der Waals surface area contributed by atoms with Gasteiger partial charge in [0, 0.05) is 6.54 Å². The van der Waals surface area contributed by atoms with Crippen LogP contribution < -0.4 is 5.32 Å². The van der Waals surface area contributed by atoms with Gasteiger partial charge in [0.1, 0.15) is 0 Å². The Hall–Kier alpha value is -0.610. The first kappa shape index (κ1) is 16.8. The van der Waals surface area contributed by atoms with Gasteiger partial charge in [0.05, 0.1) is 12.2 Å². The van der Waals surface area contributed by atoms with Crippen molar-refractivity contribution in [3.05, 3.63) is 0 Å². The van der Waals surface area contributed by atoms with Crippen LogP contribution >= 0.6 is 0 Å². The standard InChI is InChI=1S/C17H33N3O/c1-4-15-17(21)20(13-9-12-19(5-2)6-3)16(18-15)14-10-7-8-11-14/h14-16,18H,4-13H2,1-3H3. The molecule has 4 nitrogen and oxygen atoms in total. The van der Waals surface area contributed by atoms with E-state index in [9.17, 15) is 4.79 Å². The number of nitrogens with one attached hydrogen (secondary N) is 1. The Balaban J connectivity index is 1.91. The Morgan fingerprint density at radius 2 is 1.86 bits per heavy atom. The van der Waals surface area contributed by atoms with E-state index in [1.807, 2.05) is 0 Å². The van der Waals surface area contributed by atoms with Crippen molar-refractivity contribution in [2.45, 2.75) is 71.5 Å². The molecule has 1 N–H and O–H groups in total. The summed E-state index contributed by atoms with van der Waals surface area (Å²) in [5.74, 6) is 1.02. The van der Waals surface area contributed by atoms with Gasteiger partial charge in [0.15, 0.2) is 0 Å². The van der Waals surface area contributed by atoms with Crippen LogP contribution in [0, 0.1) is 5.92 Å². The minimum atomic E-state index is 0.0593. The van der Waals surface area contributed by atoms with Crippen LogP contribution in [0.15, 0.2) is 0 Å². The first-order chi connectivity index (χ1) is 10.2. The zero-order valence-corrected chi connectivity index (χ0v) is 14.1. The third-order valence-electron chi connectivity index (χ3n) is 5.31. The lowest BCUT2D eigenvalue weighted by molar-refractivity contribution is -0.130. The molecule has 122 valence electrons. The van der Waals surface area contributed by atoms with Gasteiger partial charge in [-0.3, -0.25) is 10.1 Å². The molecular formula is C17H33N3O. The van der Waals surface area contributed by atoms with Gasteiger partial charge >= 0.3 is 0 Å². The summed E-state index contributed by atoms with van der Waals surface area (Å²) in [6.45, 7) is 10.8. The molecule has 1 aliphatic heterocycles. The quantitative estimate of drug-likeness (QED) is 0.747. The molecule has 2 atom stereocenters. The Labute approximate surface area is 130 Å². The van der Waals surface area contributed by atoms with Gasteiger partial charge < -0.3 is 9.80 Å². The molecule has 0 aromatic carbocycles. The number of carbonyl (C=O) groups excluding carboxylic acids is 1. The number of rotatable bonds is 8. The first-order valence-electron chi connectivity index (χ1n) is 9.00. The fourth-order valence-electron chi connectivity index (χ4n) is 3.91. The molecule has 4 heteroatoms. The van der Waals surface area contributed by atoms with Gasteiger partial charge in [0.25, 0.3) is 0 Å². The number of hydrogen-bond donors (Lipinski definition) is 1. The maximum absolute atomic E-state index is 12.6. The summed E-state index contributed by atoms with van der Waals surface area (Å²) in [6, 6.07) is 0.0593. The van der Waals surface area contributed by atoms with Crippen molar-refractivity contribution in [3.63, 3.8) is 0 Å². The molecule has 21 heavy (non-hydrogen) atoms. The van der Waals surface area contributed by atoms with Crippen molar-refractivity contribution >= 4 is 5.91 Å². The van der Waals surface area contributed by atoms with E-state index in [1.54, 1.807) is 0 Å². The lowest BCUT2D eigenvalue weighted by atomic mass is 10.0. The van der Waals surface area contributed by atoms with Crippen LogP contribution in [0.4, 0.5) is 0 Å². The van der Waals surface area contributed by atoms with Gasteiger partial charge in [0.2, 0.25) is 5.91 Å². The largest absolute Gasteiger partial charge is 0.325 e. The minimum Gasteiger partial charge on any atom is -0.325 e. The third kappa shape index (κ3) is 3.98. The summed E-state index contributed by atoms with van der Waals surface area (Å²) < 4.78 is 0. The average molecular weight is 295 g/mol. The van der Waals surface area contributed by atoms with Crippen molar-refractivity contribution in [2.75, 3.05) is 26.2 Å². The molecule has 2 fully saturated rings. The summed E-state index contributed by atoms with van der Waals surface area (Å²) in [4.78, 5) is 17.2. The normalized spacial score (nSPS) is 27.2. The average Bonchev–Trinajstić information content (AvgIpc) is 3.12. The summed E-state index contributed by atoms with van der Waals surface area (Å²) in [7, 11) is 0. The van der Waals surface area contributed by atoms with Gasteiger partial charge in [-0.05, 0) is 51.2 Å². The zero-order chi connectivity index (χ0) is 15.2. The highest BCUT2D eigenvalue weighted by atomic mass is 16.2. The molecule has 0 aromatic heterocycles. The number of hydrogen-bond acceptors (Lipinski definition) is 3. The second-order valence-corrected chi connectivity index (χ2v) is 6.53. The SMILES string of the molecule is CCC1NC(C2CCCC2)N(CCCN(CC)CC)C1=O. The summed E-state index contributed by atoms with van der Waals surface area (Å²) in [6.07, 6.45) is 7.55. The summed E-state index contributed by atoms with van der Waals surface area (Å²) in [5.41, 5.74) is 0. The molecule has 0 radical (unpaired) electrons. The molecule has 2 unspecified atom stereocenters. The van der Waals surface area contributed by atoms with Crippen LogP contribution in [0.2, 0.25) is 0 Å².